The van der Waals surface area contributed by atoms with Gasteiger partial charge in [-0.1, -0.05) is 55.1 Å². The number of nitrogens with one attached hydrogen (secondary N) is 2. The third kappa shape index (κ3) is 13.4. The maximum atomic E-state index is 13.0. The number of phenols is 1. The van der Waals surface area contributed by atoms with E-state index in [-0.39, 0.29) is 92.1 Å². The maximum Gasteiger partial charge on any atom is 0.490 e. The minimum absolute atomic E-state index is 0.0103. The number of methoxy groups -OCH3 is 2. The monoisotopic (exact) mass is 1170 g/mol. The molecule has 0 spiro atoms. The molecule has 0 radical (unpaired) electrons. The first kappa shape index (κ1) is 58.5. The van der Waals surface area contributed by atoms with E-state index >= 15 is 0 Å². The van der Waals surface area contributed by atoms with Crippen LogP contribution >= 0.6 is 46.7 Å². The molecule has 3 unspecified atom stereocenters. The zero-order valence-corrected chi connectivity index (χ0v) is 44.4. The number of aliphatic hydroxyl groups excluding tert-OH is 2. The number of phosphoric ester groups is 1. The molecule has 10 N–H and O–H groups in total. The maximum absolute atomic E-state index is 13.0. The van der Waals surface area contributed by atoms with E-state index < -0.39 is 93.9 Å². The summed E-state index contributed by atoms with van der Waals surface area (Å²) in [5.41, 5.74) is -1.34. The van der Waals surface area contributed by atoms with Crippen molar-refractivity contribution in [3.05, 3.63) is 130 Å². The number of aromatic nitrogens is 2. The SMILES string of the molecule is COc1cc2c(-c3cc(C(O)=[NH+]CC#Cc4ccc(C(OCc5cn([C@H]6C[C@H](O)[C@@H](COP(=O)(O)OP(=O)(O)OP(=O)(O)O)O6)c(=O)[nH]c5=O)C(C)C)cc4)ccc3C(=O)O)c3cc(OC)c(=O)c(Cl)c-3oc2c(Cl)c1O. The summed E-state index contributed by atoms with van der Waals surface area (Å²) in [4.78, 5) is 93.1. The Morgan fingerprint density at radius 2 is 1.61 bits per heavy atom. The van der Waals surface area contributed by atoms with Crippen molar-refractivity contribution in [1.29, 1.82) is 0 Å². The molecule has 77 heavy (non-hydrogen) atoms. The van der Waals surface area contributed by atoms with Gasteiger partial charge in [-0.15, -0.1) is 0 Å². The van der Waals surface area contributed by atoms with E-state index in [4.69, 9.17) is 56.4 Å². The number of aromatic carboxylic acids is 1. The average Bonchev–Trinajstić information content (AvgIpc) is 3.73. The molecule has 4 aromatic rings. The third-order valence-corrected chi connectivity index (χ3v) is 16.0. The fourth-order valence-corrected chi connectivity index (χ4v) is 11.5. The summed E-state index contributed by atoms with van der Waals surface area (Å²) in [7, 11) is -14.5. The number of carboxylic acids is 1. The van der Waals surface area contributed by atoms with Crippen molar-refractivity contribution in [3.63, 3.8) is 0 Å². The minimum Gasteiger partial charge on any atom is -0.503 e. The summed E-state index contributed by atoms with van der Waals surface area (Å²) >= 11 is 13.0. The Balaban J connectivity index is 1.05. The van der Waals surface area contributed by atoms with Crippen LogP contribution < -0.4 is 31.1 Å². The number of phosphoric acid groups is 3. The Morgan fingerprint density at radius 1 is 0.922 bits per heavy atom. The van der Waals surface area contributed by atoms with E-state index in [2.05, 4.69) is 35.0 Å². The average molecular weight is 1170 g/mol. The Hall–Kier alpha value is -6.20. The first-order valence-electron chi connectivity index (χ1n) is 22.2. The van der Waals surface area contributed by atoms with Crippen LogP contribution in [0.25, 0.3) is 33.4 Å². The smallest absolute Gasteiger partial charge is 0.490 e. The van der Waals surface area contributed by atoms with Gasteiger partial charge in [0.1, 0.15) is 22.4 Å². The number of carboxylic acid groups (broad SMARTS) is 1. The number of ether oxygens (including phenoxy) is 4. The van der Waals surface area contributed by atoms with Gasteiger partial charge in [0.05, 0.1) is 56.3 Å². The topological polar surface area (TPSA) is 394 Å². The first-order chi connectivity index (χ1) is 36.1. The predicted octanol–water partition coefficient (Wildman–Crippen LogP) is 4.49. The highest BCUT2D eigenvalue weighted by Crippen LogP contribution is 2.66. The number of aromatic hydroxyl groups is 1. The number of phenolic OH excluding ortho intramolecular Hbond substituents is 1. The van der Waals surface area contributed by atoms with Gasteiger partial charge in [-0.2, -0.15) is 13.6 Å². The standard InChI is InChI=1S/C46H44Cl2N3O23P3/c1-21(2)40(69-19-25-18-51(46(59)50-44(25)56)34-17-30(52)33(71-34)20-70-76(63,64)74-77(65,66)73-75(60,61)62)23-9-7-22(8-10-23)6-5-13-49-43(55)24-11-12-26(45(57)58)27(14-24)35-28-15-31(67-3)38(53)36(47)41(28)72-42-29(35)16-32(68-4)39(54)37(42)48/h7-12,14-16,18,21,30,33-34,40,52-53H,13,17,19-20H2,1-4H3,(H,49,55)(H,57,58)(H,63,64)(H,65,66)(H,50,56,59)(H2,60,61,62)/p+1/t30-,33+,34+,40?/m0/s1. The molecule has 1 fully saturated rings. The molecular formula is C46H45Cl2N3O23P3+. The van der Waals surface area contributed by atoms with Gasteiger partial charge in [-0.25, -0.2) is 23.3 Å². The highest BCUT2D eigenvalue weighted by molar-refractivity contribution is 7.66. The number of halogens is 2. The number of carbonyl (C=O) groups is 1. The van der Waals surface area contributed by atoms with Crippen LogP contribution in [0.2, 0.25) is 10.0 Å². The molecular weight excluding hydrogens is 1130 g/mol. The third-order valence-electron chi connectivity index (χ3n) is 11.5. The summed E-state index contributed by atoms with van der Waals surface area (Å²) in [5, 5.41) is 42.3. The molecule has 0 amide bonds. The van der Waals surface area contributed by atoms with Crippen molar-refractivity contribution in [2.75, 3.05) is 27.4 Å². The number of nitrogens with zero attached hydrogens (tertiary/aromatic N) is 1. The van der Waals surface area contributed by atoms with Gasteiger partial charge < -0.3 is 63.4 Å². The zero-order chi connectivity index (χ0) is 56.5. The summed E-state index contributed by atoms with van der Waals surface area (Å²) in [6.45, 7) is 2.30. The van der Waals surface area contributed by atoms with Crippen LogP contribution in [0.15, 0.2) is 79.6 Å². The van der Waals surface area contributed by atoms with Crippen LogP contribution in [0.1, 0.15) is 65.2 Å². The quantitative estimate of drug-likeness (QED) is 0.0176. The van der Waals surface area contributed by atoms with Crippen molar-refractivity contribution in [1.82, 2.24) is 9.55 Å². The molecule has 7 rings (SSSR count). The number of aromatic amines is 1. The van der Waals surface area contributed by atoms with Crippen LogP contribution in [-0.2, 0) is 42.9 Å². The Kier molecular flexibility index (Phi) is 17.8. The highest BCUT2D eigenvalue weighted by atomic mass is 35.5. The van der Waals surface area contributed by atoms with Crippen LogP contribution in [-0.4, -0.2) is 101 Å². The number of aliphatic hydroxyl groups is 2. The normalized spacial score (nSPS) is 17.9. The van der Waals surface area contributed by atoms with E-state index in [0.717, 1.165) is 10.8 Å². The molecule has 1 saturated heterocycles. The molecule has 1 aromatic heterocycles. The van der Waals surface area contributed by atoms with Crippen LogP contribution in [0.5, 0.6) is 17.2 Å². The fraction of sp³-hybridized carbons (Fsp3) is 0.283. The fourth-order valence-electron chi connectivity index (χ4n) is 8.03. The van der Waals surface area contributed by atoms with E-state index in [1.165, 1.54) is 44.6 Å². The highest BCUT2D eigenvalue weighted by Gasteiger charge is 2.43. The van der Waals surface area contributed by atoms with Gasteiger partial charge in [-0.3, -0.25) is 23.7 Å². The van der Waals surface area contributed by atoms with Crippen LogP contribution in [0.4, 0.5) is 0 Å². The lowest BCUT2D eigenvalue weighted by Gasteiger charge is -2.22. The first-order valence-corrected chi connectivity index (χ1v) is 27.5. The molecule has 3 aliphatic rings. The summed E-state index contributed by atoms with van der Waals surface area (Å²) in [6.07, 6.45) is -4.01. The second-order valence-electron chi connectivity index (χ2n) is 17.0. The van der Waals surface area contributed by atoms with Crippen molar-refractivity contribution >= 4 is 69.5 Å². The number of fused-ring (bicyclic) bond motifs is 2. The Bertz CT molecular complexity index is 3680. The lowest BCUT2D eigenvalue weighted by atomic mass is 9.89. The van der Waals surface area contributed by atoms with Gasteiger partial charge in [0.25, 0.3) is 5.56 Å². The van der Waals surface area contributed by atoms with Gasteiger partial charge in [0.2, 0.25) is 12.0 Å². The van der Waals surface area contributed by atoms with E-state index in [1.807, 2.05) is 13.8 Å². The Labute approximate surface area is 443 Å². The molecule has 26 nitrogen and oxygen atoms in total. The lowest BCUT2D eigenvalue weighted by Crippen LogP contribution is -2.73. The Morgan fingerprint density at radius 3 is 2.25 bits per heavy atom. The molecule has 1 aliphatic carbocycles. The second kappa shape index (κ2) is 23.4. The number of hydrogen-bond acceptors (Lipinski definition) is 17. The molecule has 410 valence electrons. The molecule has 0 saturated carbocycles. The number of hydrogen-bond donors (Lipinski definition) is 10. The van der Waals surface area contributed by atoms with Crippen molar-refractivity contribution in [3.8, 4) is 51.5 Å². The molecule has 31 heteroatoms. The molecule has 6 atom stereocenters. The van der Waals surface area contributed by atoms with Gasteiger partial charge in [0, 0.05) is 34.7 Å². The molecule has 2 aliphatic heterocycles. The summed E-state index contributed by atoms with van der Waals surface area (Å²) in [6, 6.07) is 13.5. The van der Waals surface area contributed by atoms with E-state index in [9.17, 15) is 63.1 Å². The number of H-pyrrole nitrogens is 1. The molecule has 0 bridgehead atoms. The number of rotatable bonds is 19. The van der Waals surface area contributed by atoms with Crippen molar-refractivity contribution in [2.45, 2.75) is 51.4 Å². The summed E-state index contributed by atoms with van der Waals surface area (Å²) in [5.74, 6) is 2.96. The predicted molar refractivity (Wildman–Crippen MR) is 270 cm³/mol. The molecule has 3 heterocycles. The lowest BCUT2D eigenvalue weighted by molar-refractivity contribution is -0.450. The number of benzene rings is 4. The van der Waals surface area contributed by atoms with E-state index in [0.29, 0.717) is 11.1 Å². The second-order valence-corrected chi connectivity index (χ2v) is 22.2. The van der Waals surface area contributed by atoms with Gasteiger partial charge >= 0.3 is 41.0 Å². The van der Waals surface area contributed by atoms with Gasteiger partial charge in [-0.05, 0) is 65.4 Å². The van der Waals surface area contributed by atoms with Crippen LogP contribution in [0.3, 0.4) is 0 Å². The minimum atomic E-state index is -5.82. The molecule has 3 aromatic carbocycles. The largest absolute Gasteiger partial charge is 0.503 e. The van der Waals surface area contributed by atoms with Gasteiger partial charge in [0.15, 0.2) is 28.6 Å². The van der Waals surface area contributed by atoms with E-state index in [1.54, 1.807) is 24.3 Å². The zero-order valence-electron chi connectivity index (χ0n) is 40.2. The van der Waals surface area contributed by atoms with Crippen molar-refractivity contribution in [2.24, 2.45) is 5.92 Å². The van der Waals surface area contributed by atoms with Crippen molar-refractivity contribution < 1.29 is 100.0 Å². The summed E-state index contributed by atoms with van der Waals surface area (Å²) < 4.78 is 75.9. The van der Waals surface area contributed by atoms with Crippen LogP contribution in [0, 0.1) is 17.8 Å².